The van der Waals surface area contributed by atoms with E-state index in [1.807, 2.05) is 6.07 Å². The summed E-state index contributed by atoms with van der Waals surface area (Å²) in [6.45, 7) is 4.37. The second kappa shape index (κ2) is 12.6. The van der Waals surface area contributed by atoms with E-state index in [1.54, 1.807) is 19.8 Å². The summed E-state index contributed by atoms with van der Waals surface area (Å²) < 4.78 is 10.7. The van der Waals surface area contributed by atoms with Gasteiger partial charge in [0, 0.05) is 12.6 Å². The number of likely N-dealkylation sites (N-methyl/N-ethyl adjacent to an activating group) is 1. The first-order chi connectivity index (χ1) is 15.7. The minimum atomic E-state index is -1.82. The molecule has 7 nitrogen and oxygen atoms in total. The number of aryl methyl sites for hydroxylation is 1. The average Bonchev–Trinajstić information content (AvgIpc) is 3.22. The summed E-state index contributed by atoms with van der Waals surface area (Å²) >= 11 is 0. The summed E-state index contributed by atoms with van der Waals surface area (Å²) in [5.74, 6) is -1.94. The molecule has 2 aromatic rings. The molecule has 2 aromatic carbocycles. The molecule has 0 spiro atoms. The van der Waals surface area contributed by atoms with Crippen LogP contribution in [-0.2, 0) is 22.4 Å². The highest BCUT2D eigenvalue weighted by Crippen LogP contribution is 2.29. The Morgan fingerprint density at radius 3 is 2.15 bits per heavy atom. The molecule has 0 aliphatic heterocycles. The zero-order valence-corrected chi connectivity index (χ0v) is 19.8. The van der Waals surface area contributed by atoms with Crippen molar-refractivity contribution in [2.75, 3.05) is 34.4 Å². The lowest BCUT2D eigenvalue weighted by atomic mass is 10.0. The molecule has 0 atom stereocenters. The molecule has 0 saturated carbocycles. The Balaban J connectivity index is 0.000000569. The molecule has 0 amide bonds. The summed E-state index contributed by atoms with van der Waals surface area (Å²) in [4.78, 5) is 20.6. The molecule has 178 valence electrons. The van der Waals surface area contributed by atoms with Gasteiger partial charge in [0.05, 0.1) is 14.2 Å². The van der Waals surface area contributed by atoms with E-state index in [2.05, 4.69) is 55.3 Å². The van der Waals surface area contributed by atoms with Gasteiger partial charge in [0.1, 0.15) is 11.5 Å². The Labute approximate surface area is 195 Å². The summed E-state index contributed by atoms with van der Waals surface area (Å²) in [7, 11) is 5.60. The molecule has 0 saturated heterocycles. The molecule has 0 bridgehead atoms. The van der Waals surface area contributed by atoms with Gasteiger partial charge in [-0.05, 0) is 80.6 Å². The Kier molecular flexibility index (Phi) is 9.94. The first-order valence-corrected chi connectivity index (χ1v) is 10.9. The van der Waals surface area contributed by atoms with Gasteiger partial charge in [0.25, 0.3) is 0 Å². The van der Waals surface area contributed by atoms with Crippen molar-refractivity contribution in [2.24, 2.45) is 0 Å². The molecule has 2 N–H and O–H groups in total. The van der Waals surface area contributed by atoms with Crippen LogP contribution in [-0.4, -0.2) is 61.4 Å². The highest BCUT2D eigenvalue weighted by atomic mass is 16.5. The van der Waals surface area contributed by atoms with Gasteiger partial charge in [-0.15, -0.1) is 0 Å². The minimum Gasteiger partial charge on any atom is -0.497 e. The number of fused-ring (bicyclic) bond motifs is 1. The van der Waals surface area contributed by atoms with Crippen LogP contribution in [0.2, 0.25) is 0 Å². The van der Waals surface area contributed by atoms with E-state index in [-0.39, 0.29) is 0 Å². The van der Waals surface area contributed by atoms with Crippen LogP contribution in [0.5, 0.6) is 11.5 Å². The van der Waals surface area contributed by atoms with Gasteiger partial charge in [0.15, 0.2) is 0 Å². The molecule has 1 aliphatic rings. The topological polar surface area (TPSA) is 96.3 Å². The van der Waals surface area contributed by atoms with Gasteiger partial charge in [-0.25, -0.2) is 9.59 Å². The molecule has 1 aliphatic carbocycles. The molecule has 0 aromatic heterocycles. The molecule has 0 fully saturated rings. The minimum absolute atomic E-state index is 0.857. The van der Waals surface area contributed by atoms with Crippen LogP contribution in [0.1, 0.15) is 35.1 Å². The highest BCUT2D eigenvalue weighted by molar-refractivity contribution is 6.27. The van der Waals surface area contributed by atoms with Gasteiger partial charge < -0.3 is 24.6 Å². The summed E-state index contributed by atoms with van der Waals surface area (Å²) in [6, 6.07) is 12.7. The normalized spacial score (nSPS) is 11.8. The third-order valence-corrected chi connectivity index (χ3v) is 5.62. The Bertz CT molecular complexity index is 964. The SMILES string of the molecule is COc1cc(CCN(C)CCCC2=Cc3cccc(C)c3C2)cc(OC)c1.O=C(O)C(=O)O. The van der Waals surface area contributed by atoms with E-state index in [0.717, 1.165) is 37.4 Å². The van der Waals surface area contributed by atoms with Gasteiger partial charge in [-0.2, -0.15) is 0 Å². The largest absolute Gasteiger partial charge is 0.497 e. The van der Waals surface area contributed by atoms with Crippen molar-refractivity contribution in [3.05, 3.63) is 64.2 Å². The predicted octanol–water partition coefficient (Wildman–Crippen LogP) is 4.06. The Hall–Kier alpha value is -3.32. The van der Waals surface area contributed by atoms with Crippen molar-refractivity contribution in [2.45, 2.75) is 32.6 Å². The van der Waals surface area contributed by atoms with Crippen LogP contribution >= 0.6 is 0 Å². The lowest BCUT2D eigenvalue weighted by Gasteiger charge is -2.17. The van der Waals surface area contributed by atoms with Crippen LogP contribution in [0.4, 0.5) is 0 Å². The first-order valence-electron chi connectivity index (χ1n) is 10.9. The van der Waals surface area contributed by atoms with Gasteiger partial charge in [-0.1, -0.05) is 29.8 Å². The second-order valence-corrected chi connectivity index (χ2v) is 8.11. The van der Waals surface area contributed by atoms with E-state index in [1.165, 1.54) is 35.1 Å². The highest BCUT2D eigenvalue weighted by Gasteiger charge is 2.14. The molecule has 0 unspecified atom stereocenters. The maximum absolute atomic E-state index is 9.10. The van der Waals surface area contributed by atoms with E-state index in [4.69, 9.17) is 29.3 Å². The molecular formula is C26H33NO6. The molecule has 33 heavy (non-hydrogen) atoms. The van der Waals surface area contributed by atoms with Crippen LogP contribution in [0.3, 0.4) is 0 Å². The van der Waals surface area contributed by atoms with Crippen molar-refractivity contribution in [3.63, 3.8) is 0 Å². The zero-order chi connectivity index (χ0) is 24.4. The van der Waals surface area contributed by atoms with Crippen molar-refractivity contribution < 1.29 is 29.3 Å². The maximum Gasteiger partial charge on any atom is 0.414 e. The number of rotatable bonds is 9. The number of ether oxygens (including phenoxy) is 2. The van der Waals surface area contributed by atoms with Gasteiger partial charge in [-0.3, -0.25) is 0 Å². The number of allylic oxidation sites excluding steroid dienone is 1. The third-order valence-electron chi connectivity index (χ3n) is 5.62. The standard InChI is InChI=1S/C24H31NO2.C2H2O4/c1-18-7-5-9-21-13-19(16-24(18)21)8-6-11-25(2)12-10-20-14-22(26-3)17-23(15-20)27-4;3-1(4)2(5)6/h5,7,9,13-15,17H,6,8,10-12,16H2,1-4H3;(H,3,4)(H,5,6). The number of nitrogens with zero attached hydrogens (tertiary/aromatic N) is 1. The predicted molar refractivity (Wildman–Crippen MR) is 128 cm³/mol. The lowest BCUT2D eigenvalue weighted by Crippen LogP contribution is -2.22. The number of carbonyl (C=O) groups is 2. The van der Waals surface area contributed by atoms with E-state index in [0.29, 0.717) is 0 Å². The lowest BCUT2D eigenvalue weighted by molar-refractivity contribution is -0.159. The Morgan fingerprint density at radius 2 is 1.61 bits per heavy atom. The number of aliphatic carboxylic acids is 2. The molecule has 0 heterocycles. The number of benzene rings is 2. The fraction of sp³-hybridized carbons (Fsp3) is 0.385. The molecule has 0 radical (unpaired) electrons. The number of hydrogen-bond donors (Lipinski definition) is 2. The number of hydrogen-bond acceptors (Lipinski definition) is 5. The Morgan fingerprint density at radius 1 is 0.970 bits per heavy atom. The number of carboxylic acid groups (broad SMARTS) is 2. The summed E-state index contributed by atoms with van der Waals surface area (Å²) in [6.07, 6.45) is 6.92. The van der Waals surface area contributed by atoms with E-state index < -0.39 is 11.9 Å². The summed E-state index contributed by atoms with van der Waals surface area (Å²) in [5.41, 5.74) is 7.19. The number of methoxy groups -OCH3 is 2. The first kappa shape index (κ1) is 25.9. The van der Waals surface area contributed by atoms with Crippen LogP contribution in [0.15, 0.2) is 42.0 Å². The summed E-state index contributed by atoms with van der Waals surface area (Å²) in [5, 5.41) is 14.8. The monoisotopic (exact) mass is 455 g/mol. The smallest absolute Gasteiger partial charge is 0.414 e. The molecule has 3 rings (SSSR count). The van der Waals surface area contributed by atoms with E-state index in [9.17, 15) is 0 Å². The van der Waals surface area contributed by atoms with Crippen LogP contribution in [0, 0.1) is 6.92 Å². The number of carboxylic acids is 2. The van der Waals surface area contributed by atoms with Crippen LogP contribution < -0.4 is 9.47 Å². The van der Waals surface area contributed by atoms with Crippen molar-refractivity contribution in [1.29, 1.82) is 0 Å². The fourth-order valence-corrected chi connectivity index (χ4v) is 3.78. The van der Waals surface area contributed by atoms with Crippen molar-refractivity contribution in [1.82, 2.24) is 4.90 Å². The van der Waals surface area contributed by atoms with Gasteiger partial charge in [0.2, 0.25) is 0 Å². The maximum atomic E-state index is 9.10. The van der Waals surface area contributed by atoms with E-state index >= 15 is 0 Å². The zero-order valence-electron chi connectivity index (χ0n) is 19.8. The van der Waals surface area contributed by atoms with Gasteiger partial charge >= 0.3 is 11.9 Å². The molecular weight excluding hydrogens is 422 g/mol. The third kappa shape index (κ3) is 8.27. The quantitative estimate of drug-likeness (QED) is 0.551. The average molecular weight is 456 g/mol. The van der Waals surface area contributed by atoms with Crippen LogP contribution in [0.25, 0.3) is 6.08 Å². The second-order valence-electron chi connectivity index (χ2n) is 8.11. The molecule has 7 heteroatoms. The van der Waals surface area contributed by atoms with Crippen molar-refractivity contribution in [3.8, 4) is 11.5 Å². The fourth-order valence-electron chi connectivity index (χ4n) is 3.78. The van der Waals surface area contributed by atoms with Crippen molar-refractivity contribution >= 4 is 18.0 Å².